The lowest BCUT2D eigenvalue weighted by molar-refractivity contribution is 0.181. The van der Waals surface area contributed by atoms with Crippen molar-refractivity contribution in [3.8, 4) is 10.7 Å². The summed E-state index contributed by atoms with van der Waals surface area (Å²) >= 11 is 9.78. The van der Waals surface area contributed by atoms with E-state index in [1.54, 1.807) is 18.4 Å². The number of nitrogens with zero attached hydrogens (tertiary/aromatic N) is 2. The number of aromatic nitrogens is 2. The lowest BCUT2D eigenvalue weighted by Gasteiger charge is -2.06. The van der Waals surface area contributed by atoms with E-state index < -0.39 is 0 Å². The molecule has 2 heterocycles. The molecule has 0 aromatic carbocycles. The molecule has 0 saturated carbocycles. The maximum absolute atomic E-state index is 6.06. The average molecular weight is 367 g/mol. The lowest BCUT2D eigenvalue weighted by Crippen LogP contribution is -2.01. The van der Waals surface area contributed by atoms with Gasteiger partial charge in [-0.05, 0) is 34.0 Å². The quantitative estimate of drug-likeness (QED) is 0.615. The van der Waals surface area contributed by atoms with Crippen LogP contribution < -0.4 is 0 Å². The molecule has 0 amide bonds. The molecule has 0 aliphatic carbocycles. The van der Waals surface area contributed by atoms with Crippen molar-refractivity contribution in [3.05, 3.63) is 31.9 Å². The highest BCUT2D eigenvalue weighted by Crippen LogP contribution is 2.26. The zero-order chi connectivity index (χ0) is 11.5. The van der Waals surface area contributed by atoms with Gasteiger partial charge < -0.3 is 4.74 Å². The van der Waals surface area contributed by atoms with E-state index in [1.165, 1.54) is 0 Å². The fourth-order valence-electron chi connectivity index (χ4n) is 1.21. The molecule has 0 bridgehead atoms. The number of hydrogen-bond acceptors (Lipinski definition) is 4. The molecule has 0 aliphatic rings. The molecule has 0 radical (unpaired) electrons. The van der Waals surface area contributed by atoms with Crippen LogP contribution in [0.3, 0.4) is 0 Å². The molecule has 6 heteroatoms. The Morgan fingerprint density at radius 2 is 2.31 bits per heavy atom. The molecular formula is C10H8ClIN2OS. The smallest absolute Gasteiger partial charge is 0.171 e. The van der Waals surface area contributed by atoms with Gasteiger partial charge in [-0.2, -0.15) is 0 Å². The van der Waals surface area contributed by atoms with E-state index in [-0.39, 0.29) is 0 Å². The largest absolute Gasteiger partial charge is 0.378 e. The highest BCUT2D eigenvalue weighted by Gasteiger charge is 2.12. The SMILES string of the molecule is COCc1nc(-c2cccs2)nc(Cl)c1I. The Bertz CT molecular complexity index is 490. The van der Waals surface area contributed by atoms with E-state index in [1.807, 2.05) is 17.5 Å². The summed E-state index contributed by atoms with van der Waals surface area (Å²) in [6.45, 7) is 0.443. The summed E-state index contributed by atoms with van der Waals surface area (Å²) in [7, 11) is 1.64. The van der Waals surface area contributed by atoms with Crippen molar-refractivity contribution in [2.75, 3.05) is 7.11 Å². The minimum atomic E-state index is 0.443. The van der Waals surface area contributed by atoms with Crippen LogP contribution in [0.4, 0.5) is 0 Å². The topological polar surface area (TPSA) is 35.0 Å². The van der Waals surface area contributed by atoms with Crippen LogP contribution in [-0.4, -0.2) is 17.1 Å². The standard InChI is InChI=1S/C10H8ClIN2OS/c1-15-5-6-8(12)9(11)14-10(13-6)7-3-2-4-16-7/h2-4H,5H2,1H3. The van der Waals surface area contributed by atoms with Gasteiger partial charge in [0, 0.05) is 7.11 Å². The normalized spacial score (nSPS) is 10.7. The van der Waals surface area contributed by atoms with Gasteiger partial charge in [-0.15, -0.1) is 11.3 Å². The molecule has 16 heavy (non-hydrogen) atoms. The third-order valence-electron chi connectivity index (χ3n) is 1.90. The average Bonchev–Trinajstić information content (AvgIpc) is 2.78. The summed E-state index contributed by atoms with van der Waals surface area (Å²) < 4.78 is 5.93. The molecule has 2 aromatic heterocycles. The molecule has 2 rings (SSSR count). The number of rotatable bonds is 3. The fourth-order valence-corrected chi connectivity index (χ4v) is 2.45. The first-order chi connectivity index (χ1) is 7.72. The van der Waals surface area contributed by atoms with Gasteiger partial charge in [0.15, 0.2) is 5.82 Å². The molecule has 84 valence electrons. The van der Waals surface area contributed by atoms with E-state index in [0.717, 1.165) is 14.1 Å². The molecule has 0 saturated heterocycles. The number of halogens is 2. The molecule has 0 spiro atoms. The Kier molecular flexibility index (Phi) is 4.12. The van der Waals surface area contributed by atoms with Crippen molar-refractivity contribution >= 4 is 45.5 Å². The van der Waals surface area contributed by atoms with Gasteiger partial charge in [-0.3, -0.25) is 0 Å². The Morgan fingerprint density at radius 3 is 2.94 bits per heavy atom. The minimum Gasteiger partial charge on any atom is -0.378 e. The van der Waals surface area contributed by atoms with Gasteiger partial charge in [0.1, 0.15) is 5.15 Å². The maximum atomic E-state index is 6.06. The monoisotopic (exact) mass is 366 g/mol. The van der Waals surface area contributed by atoms with Crippen LogP contribution in [0.25, 0.3) is 10.7 Å². The molecular weight excluding hydrogens is 359 g/mol. The first-order valence-corrected chi connectivity index (χ1v) is 6.80. The van der Waals surface area contributed by atoms with Crippen LogP contribution in [-0.2, 0) is 11.3 Å². The predicted octanol–water partition coefficient (Wildman–Crippen LogP) is 3.61. The Labute approximate surface area is 116 Å². The Balaban J connectivity index is 2.48. The molecule has 2 aromatic rings. The number of ether oxygens (including phenoxy) is 1. The van der Waals surface area contributed by atoms with Crippen LogP contribution in [0.5, 0.6) is 0 Å². The van der Waals surface area contributed by atoms with Gasteiger partial charge in [-0.25, -0.2) is 9.97 Å². The fraction of sp³-hybridized carbons (Fsp3) is 0.200. The Hall–Kier alpha value is -0.240. The van der Waals surface area contributed by atoms with Gasteiger partial charge in [0.25, 0.3) is 0 Å². The first-order valence-electron chi connectivity index (χ1n) is 4.47. The highest BCUT2D eigenvalue weighted by atomic mass is 127. The van der Waals surface area contributed by atoms with Crippen molar-refractivity contribution in [1.29, 1.82) is 0 Å². The summed E-state index contributed by atoms with van der Waals surface area (Å²) in [5.41, 5.74) is 0.825. The second-order valence-electron chi connectivity index (χ2n) is 3.01. The first kappa shape index (κ1) is 12.2. The van der Waals surface area contributed by atoms with Gasteiger partial charge in [0.05, 0.1) is 20.7 Å². The number of methoxy groups -OCH3 is 1. The summed E-state index contributed by atoms with van der Waals surface area (Å²) in [6.07, 6.45) is 0. The summed E-state index contributed by atoms with van der Waals surface area (Å²) in [5.74, 6) is 0.660. The lowest BCUT2D eigenvalue weighted by atomic mass is 10.4. The van der Waals surface area contributed by atoms with E-state index >= 15 is 0 Å². The van der Waals surface area contributed by atoms with Crippen LogP contribution >= 0.6 is 45.5 Å². The molecule has 0 atom stereocenters. The van der Waals surface area contributed by atoms with Crippen molar-refractivity contribution in [1.82, 2.24) is 9.97 Å². The molecule has 0 aliphatic heterocycles. The number of thiophene rings is 1. The van der Waals surface area contributed by atoms with Crippen molar-refractivity contribution in [2.45, 2.75) is 6.61 Å². The van der Waals surface area contributed by atoms with Gasteiger partial charge >= 0.3 is 0 Å². The van der Waals surface area contributed by atoms with Crippen LogP contribution in [0.15, 0.2) is 17.5 Å². The number of hydrogen-bond donors (Lipinski definition) is 0. The van der Waals surface area contributed by atoms with Crippen molar-refractivity contribution in [3.63, 3.8) is 0 Å². The van der Waals surface area contributed by atoms with Crippen LogP contribution in [0.1, 0.15) is 5.69 Å². The third-order valence-corrected chi connectivity index (χ3v) is 4.49. The highest BCUT2D eigenvalue weighted by molar-refractivity contribution is 14.1. The van der Waals surface area contributed by atoms with E-state index in [4.69, 9.17) is 16.3 Å². The second kappa shape index (κ2) is 5.39. The minimum absolute atomic E-state index is 0.443. The summed E-state index contributed by atoms with van der Waals surface area (Å²) in [4.78, 5) is 9.72. The zero-order valence-electron chi connectivity index (χ0n) is 8.41. The molecule has 0 N–H and O–H groups in total. The van der Waals surface area contributed by atoms with Crippen LogP contribution in [0.2, 0.25) is 5.15 Å². The maximum Gasteiger partial charge on any atom is 0.171 e. The van der Waals surface area contributed by atoms with Crippen LogP contribution in [0, 0.1) is 3.57 Å². The van der Waals surface area contributed by atoms with Gasteiger partial charge in [0.2, 0.25) is 0 Å². The zero-order valence-corrected chi connectivity index (χ0v) is 12.1. The van der Waals surface area contributed by atoms with Crippen molar-refractivity contribution < 1.29 is 4.74 Å². The predicted molar refractivity (Wildman–Crippen MR) is 73.8 cm³/mol. The van der Waals surface area contributed by atoms with E-state index in [9.17, 15) is 0 Å². The summed E-state index contributed by atoms with van der Waals surface area (Å²) in [6, 6.07) is 3.94. The third kappa shape index (κ3) is 2.53. The molecule has 0 fully saturated rings. The molecule has 0 unspecified atom stereocenters. The van der Waals surface area contributed by atoms with Gasteiger partial charge in [-0.1, -0.05) is 17.7 Å². The van der Waals surface area contributed by atoms with Crippen molar-refractivity contribution in [2.24, 2.45) is 0 Å². The summed E-state index contributed by atoms with van der Waals surface area (Å²) in [5, 5.41) is 2.46. The molecule has 3 nitrogen and oxygen atoms in total. The van der Waals surface area contributed by atoms with E-state index in [0.29, 0.717) is 17.6 Å². The second-order valence-corrected chi connectivity index (χ2v) is 5.39. The Morgan fingerprint density at radius 1 is 1.50 bits per heavy atom. The van der Waals surface area contributed by atoms with E-state index in [2.05, 4.69) is 32.6 Å².